The van der Waals surface area contributed by atoms with Gasteiger partial charge in [-0.25, -0.2) is 4.68 Å². The van der Waals surface area contributed by atoms with Crippen molar-refractivity contribution in [1.82, 2.24) is 9.36 Å². The van der Waals surface area contributed by atoms with Gasteiger partial charge >= 0.3 is 0 Å². The first kappa shape index (κ1) is 25.6. The lowest BCUT2D eigenvalue weighted by Gasteiger charge is -2.07. The van der Waals surface area contributed by atoms with Gasteiger partial charge in [0.25, 0.3) is 16.9 Å². The fourth-order valence-electron chi connectivity index (χ4n) is 3.70. The van der Waals surface area contributed by atoms with Gasteiger partial charge in [-0.2, -0.15) is 0 Å². The number of nitrogens with one attached hydrogen (secondary N) is 1. The van der Waals surface area contributed by atoms with Crippen molar-refractivity contribution in [3.63, 3.8) is 0 Å². The number of rotatable bonds is 8. The molecule has 0 spiro atoms. The van der Waals surface area contributed by atoms with E-state index in [-0.39, 0.29) is 22.7 Å². The summed E-state index contributed by atoms with van der Waals surface area (Å²) in [6.45, 7) is 1.72. The zero-order chi connectivity index (χ0) is 27.4. The van der Waals surface area contributed by atoms with Gasteiger partial charge in [-0.3, -0.25) is 34.5 Å². The van der Waals surface area contributed by atoms with Gasteiger partial charge in [-0.15, -0.1) is 0 Å². The van der Waals surface area contributed by atoms with E-state index in [1.807, 2.05) is 18.2 Å². The number of nitro benzene ring substituents is 2. The number of ether oxygens (including phenoxy) is 1. The monoisotopic (exact) mass is 515 g/mol. The molecule has 1 N–H and O–H groups in total. The number of amides is 1. The lowest BCUT2D eigenvalue weighted by Crippen LogP contribution is -2.22. The quantitative estimate of drug-likeness (QED) is 0.202. The Labute approximate surface area is 215 Å². The van der Waals surface area contributed by atoms with Crippen LogP contribution in [0.15, 0.2) is 83.7 Å². The number of hydrogen-bond acceptors (Lipinski definition) is 7. The average Bonchev–Trinajstić information content (AvgIpc) is 3.10. The van der Waals surface area contributed by atoms with Crippen molar-refractivity contribution in [2.45, 2.75) is 6.92 Å². The molecule has 0 fully saturated rings. The second-order valence-corrected chi connectivity index (χ2v) is 8.13. The van der Waals surface area contributed by atoms with Gasteiger partial charge in [-0.1, -0.05) is 30.3 Å². The van der Waals surface area contributed by atoms with E-state index in [4.69, 9.17) is 4.74 Å². The number of nitrogens with zero attached hydrogens (tertiary/aromatic N) is 4. The summed E-state index contributed by atoms with van der Waals surface area (Å²) in [5.41, 5.74) is 0.583. The minimum absolute atomic E-state index is 0.0842. The first-order valence-electron chi connectivity index (χ1n) is 11.2. The molecule has 4 rings (SSSR count). The van der Waals surface area contributed by atoms with Crippen LogP contribution in [0.3, 0.4) is 0 Å². The van der Waals surface area contributed by atoms with E-state index >= 15 is 0 Å². The Kier molecular flexibility index (Phi) is 7.15. The number of anilines is 1. The molecule has 0 radical (unpaired) electrons. The number of para-hydroxylation sites is 1. The van der Waals surface area contributed by atoms with Gasteiger partial charge in [0, 0.05) is 13.1 Å². The van der Waals surface area contributed by atoms with E-state index in [0.717, 1.165) is 18.2 Å². The molecule has 0 unspecified atom stereocenters. The van der Waals surface area contributed by atoms with Crippen LogP contribution in [0.1, 0.15) is 11.3 Å². The van der Waals surface area contributed by atoms with Crippen molar-refractivity contribution < 1.29 is 19.4 Å². The van der Waals surface area contributed by atoms with Gasteiger partial charge in [0.2, 0.25) is 5.91 Å². The average molecular weight is 515 g/mol. The van der Waals surface area contributed by atoms with E-state index in [2.05, 4.69) is 5.32 Å². The standard InChI is InChI=1S/C26H21N5O7/c1-17-25(26(33)29(28(17)2)19-8-4-3-5-9-19)27-24(32)12-11-18-7-6-10-22(13-18)38-23-15-20(30(34)35)14-21(16-23)31(36)37/h3-16H,1-2H3,(H,27,32). The molecule has 1 amide bonds. The molecule has 12 nitrogen and oxygen atoms in total. The fourth-order valence-corrected chi connectivity index (χ4v) is 3.70. The van der Waals surface area contributed by atoms with Crippen molar-refractivity contribution in [2.24, 2.45) is 7.05 Å². The highest BCUT2D eigenvalue weighted by Gasteiger charge is 2.18. The predicted molar refractivity (Wildman–Crippen MR) is 140 cm³/mol. The molecule has 1 aromatic heterocycles. The topological polar surface area (TPSA) is 152 Å². The van der Waals surface area contributed by atoms with Crippen LogP contribution in [0, 0.1) is 27.2 Å². The van der Waals surface area contributed by atoms with E-state index in [9.17, 15) is 29.8 Å². The predicted octanol–water partition coefficient (Wildman–Crippen LogP) is 4.75. The lowest BCUT2D eigenvalue weighted by atomic mass is 10.2. The molecule has 0 aliphatic carbocycles. The van der Waals surface area contributed by atoms with Crippen LogP contribution in [-0.2, 0) is 11.8 Å². The smallest absolute Gasteiger partial charge is 0.295 e. The number of non-ortho nitro benzene ring substituents is 2. The Morgan fingerprint density at radius 2 is 1.58 bits per heavy atom. The first-order chi connectivity index (χ1) is 18.1. The van der Waals surface area contributed by atoms with Crippen molar-refractivity contribution in [3.05, 3.63) is 121 Å². The Morgan fingerprint density at radius 1 is 0.921 bits per heavy atom. The van der Waals surface area contributed by atoms with Crippen LogP contribution < -0.4 is 15.6 Å². The van der Waals surface area contributed by atoms with Crippen molar-refractivity contribution in [1.29, 1.82) is 0 Å². The zero-order valence-corrected chi connectivity index (χ0v) is 20.2. The minimum atomic E-state index is -0.749. The molecule has 0 saturated heterocycles. The first-order valence-corrected chi connectivity index (χ1v) is 11.2. The maximum atomic E-state index is 13.0. The molecule has 1 heterocycles. The molecule has 0 aliphatic heterocycles. The Bertz CT molecular complexity index is 1610. The molecule has 0 atom stereocenters. The Balaban J connectivity index is 1.52. The normalized spacial score (nSPS) is 10.9. The number of hydrogen-bond donors (Lipinski definition) is 1. The van der Waals surface area contributed by atoms with E-state index in [0.29, 0.717) is 16.9 Å². The molecule has 12 heteroatoms. The third kappa shape index (κ3) is 5.49. The molecule has 0 aliphatic rings. The van der Waals surface area contributed by atoms with Gasteiger partial charge in [0.1, 0.15) is 17.2 Å². The summed E-state index contributed by atoms with van der Waals surface area (Å²) in [6.07, 6.45) is 2.74. The number of carbonyl (C=O) groups is 1. The summed E-state index contributed by atoms with van der Waals surface area (Å²) < 4.78 is 8.70. The molecule has 0 saturated carbocycles. The summed E-state index contributed by atoms with van der Waals surface area (Å²) >= 11 is 0. The van der Waals surface area contributed by atoms with Gasteiger partial charge in [-0.05, 0) is 42.8 Å². The molecular formula is C26H21N5O7. The molecule has 38 heavy (non-hydrogen) atoms. The lowest BCUT2D eigenvalue weighted by molar-refractivity contribution is -0.394. The summed E-state index contributed by atoms with van der Waals surface area (Å²) in [7, 11) is 1.72. The molecule has 4 aromatic rings. The molecule has 3 aromatic carbocycles. The minimum Gasteiger partial charge on any atom is -0.457 e. The number of nitro groups is 2. The summed E-state index contributed by atoms with van der Waals surface area (Å²) in [5.74, 6) is -0.373. The van der Waals surface area contributed by atoms with Crippen LogP contribution >= 0.6 is 0 Å². The Hall–Kier alpha value is -5.52. The third-order valence-electron chi connectivity index (χ3n) is 5.62. The van der Waals surface area contributed by atoms with Crippen LogP contribution in [-0.4, -0.2) is 25.1 Å². The van der Waals surface area contributed by atoms with Crippen LogP contribution in [0.2, 0.25) is 0 Å². The van der Waals surface area contributed by atoms with Gasteiger partial charge in [0.05, 0.1) is 39.4 Å². The highest BCUT2D eigenvalue weighted by atomic mass is 16.6. The third-order valence-corrected chi connectivity index (χ3v) is 5.62. The summed E-state index contributed by atoms with van der Waals surface area (Å²) in [5, 5.41) is 24.8. The van der Waals surface area contributed by atoms with E-state index < -0.39 is 27.1 Å². The maximum absolute atomic E-state index is 13.0. The van der Waals surface area contributed by atoms with Crippen molar-refractivity contribution in [2.75, 3.05) is 5.32 Å². The van der Waals surface area contributed by atoms with E-state index in [1.165, 1.54) is 16.8 Å². The highest BCUT2D eigenvalue weighted by Crippen LogP contribution is 2.31. The van der Waals surface area contributed by atoms with Crippen LogP contribution in [0.4, 0.5) is 17.1 Å². The number of aromatic nitrogens is 2. The second-order valence-electron chi connectivity index (χ2n) is 8.13. The highest BCUT2D eigenvalue weighted by molar-refractivity contribution is 6.02. The van der Waals surface area contributed by atoms with Crippen molar-refractivity contribution >= 4 is 29.0 Å². The SMILES string of the molecule is Cc1c(NC(=O)C=Cc2cccc(Oc3cc([N+](=O)[O-])cc([N+](=O)[O-])c3)c2)c(=O)n(-c2ccccc2)n1C. The van der Waals surface area contributed by atoms with Crippen LogP contribution in [0.25, 0.3) is 11.8 Å². The summed E-state index contributed by atoms with van der Waals surface area (Å²) in [6, 6.07) is 18.4. The van der Waals surface area contributed by atoms with Crippen LogP contribution in [0.5, 0.6) is 11.5 Å². The fraction of sp³-hybridized carbons (Fsp3) is 0.0769. The summed E-state index contributed by atoms with van der Waals surface area (Å²) in [4.78, 5) is 46.3. The van der Waals surface area contributed by atoms with Gasteiger partial charge in [0.15, 0.2) is 0 Å². The van der Waals surface area contributed by atoms with Gasteiger partial charge < -0.3 is 10.1 Å². The number of benzene rings is 3. The molecular weight excluding hydrogens is 494 g/mol. The van der Waals surface area contributed by atoms with E-state index in [1.54, 1.807) is 55.1 Å². The zero-order valence-electron chi connectivity index (χ0n) is 20.2. The van der Waals surface area contributed by atoms with Crippen molar-refractivity contribution in [3.8, 4) is 17.2 Å². The molecule has 192 valence electrons. The number of carbonyl (C=O) groups excluding carboxylic acids is 1. The maximum Gasteiger partial charge on any atom is 0.295 e. The second kappa shape index (κ2) is 10.6. The Morgan fingerprint density at radius 3 is 2.21 bits per heavy atom. The largest absolute Gasteiger partial charge is 0.457 e. The molecule has 0 bridgehead atoms.